The first kappa shape index (κ1) is 18.9. The molecule has 1 fully saturated rings. The Balaban J connectivity index is 1.72. The molecule has 1 aromatic heterocycles. The van der Waals surface area contributed by atoms with Gasteiger partial charge in [0.05, 0.1) is 13.7 Å². The number of nitrogens with zero attached hydrogens (tertiary/aromatic N) is 1. The lowest BCUT2D eigenvalue weighted by molar-refractivity contribution is -0.132. The van der Waals surface area contributed by atoms with Gasteiger partial charge in [-0.15, -0.1) is 0 Å². The first-order valence-corrected chi connectivity index (χ1v) is 8.17. The van der Waals surface area contributed by atoms with Crippen molar-refractivity contribution in [2.45, 2.75) is 13.5 Å². The zero-order valence-electron chi connectivity index (χ0n) is 15.1. The monoisotopic (exact) mass is 384 g/mol. The van der Waals surface area contributed by atoms with Crippen LogP contribution in [-0.2, 0) is 20.9 Å². The van der Waals surface area contributed by atoms with Gasteiger partial charge in [-0.05, 0) is 35.9 Å². The van der Waals surface area contributed by atoms with Gasteiger partial charge in [-0.3, -0.25) is 14.5 Å². The lowest BCUT2D eigenvalue weighted by Crippen LogP contribution is -2.30. The van der Waals surface area contributed by atoms with Crippen molar-refractivity contribution < 1.29 is 33.1 Å². The van der Waals surface area contributed by atoms with Crippen molar-refractivity contribution in [1.29, 1.82) is 0 Å². The van der Waals surface area contributed by atoms with Crippen molar-refractivity contribution in [3.8, 4) is 5.75 Å². The number of hydrogen-bond donors (Lipinski definition) is 1. The van der Waals surface area contributed by atoms with Gasteiger partial charge in [0.25, 0.3) is 5.91 Å². The predicted octanol–water partition coefficient (Wildman–Crippen LogP) is 2.08. The van der Waals surface area contributed by atoms with Gasteiger partial charge in [-0.2, -0.15) is 0 Å². The van der Waals surface area contributed by atoms with Crippen molar-refractivity contribution in [3.05, 3.63) is 59.2 Å². The third-order valence-corrected chi connectivity index (χ3v) is 3.78. The normalized spacial score (nSPS) is 14.9. The second kappa shape index (κ2) is 7.78. The van der Waals surface area contributed by atoms with Gasteiger partial charge in [-0.1, -0.05) is 12.1 Å². The standard InChI is InChI=1S/C19H16N2O7/c1-11(22)27-13-5-3-12(4-6-13)9-15-17(23)21(19(25)20-15)10-14-7-8-16(28-14)18(24)26-2/h3-9H,10H2,1-2H3,(H,20,25). The van der Waals surface area contributed by atoms with Crippen LogP contribution in [0.25, 0.3) is 6.08 Å². The molecule has 2 aromatic rings. The molecule has 144 valence electrons. The van der Waals surface area contributed by atoms with Crippen LogP contribution in [0.4, 0.5) is 4.79 Å². The third kappa shape index (κ3) is 4.09. The van der Waals surface area contributed by atoms with Crippen LogP contribution in [0.15, 0.2) is 46.5 Å². The highest BCUT2D eigenvalue weighted by molar-refractivity contribution is 6.13. The Hall–Kier alpha value is -3.88. The number of furan rings is 1. The lowest BCUT2D eigenvalue weighted by Gasteiger charge is -2.09. The summed E-state index contributed by atoms with van der Waals surface area (Å²) in [5.74, 6) is -1.01. The van der Waals surface area contributed by atoms with E-state index in [2.05, 4.69) is 10.1 Å². The topological polar surface area (TPSA) is 115 Å². The van der Waals surface area contributed by atoms with Crippen molar-refractivity contribution in [1.82, 2.24) is 10.2 Å². The molecule has 3 rings (SSSR count). The minimum atomic E-state index is -0.652. The highest BCUT2D eigenvalue weighted by atomic mass is 16.5. The number of benzene rings is 1. The summed E-state index contributed by atoms with van der Waals surface area (Å²) in [7, 11) is 1.22. The number of ether oxygens (including phenoxy) is 2. The van der Waals surface area contributed by atoms with E-state index in [0.717, 1.165) is 4.90 Å². The highest BCUT2D eigenvalue weighted by Gasteiger charge is 2.34. The number of hydrogen-bond acceptors (Lipinski definition) is 7. The minimum absolute atomic E-state index is 0.0202. The molecular formula is C19H16N2O7. The Morgan fingerprint density at radius 1 is 1.14 bits per heavy atom. The number of esters is 2. The fourth-order valence-corrected chi connectivity index (χ4v) is 2.51. The minimum Gasteiger partial charge on any atom is -0.463 e. The molecule has 0 radical (unpaired) electrons. The van der Waals surface area contributed by atoms with E-state index in [1.165, 1.54) is 32.2 Å². The van der Waals surface area contributed by atoms with Gasteiger partial charge < -0.3 is 19.2 Å². The third-order valence-electron chi connectivity index (χ3n) is 3.78. The van der Waals surface area contributed by atoms with Gasteiger partial charge >= 0.3 is 18.0 Å². The van der Waals surface area contributed by atoms with E-state index >= 15 is 0 Å². The number of carbonyl (C=O) groups is 4. The molecule has 1 N–H and O–H groups in total. The van der Waals surface area contributed by atoms with Crippen LogP contribution in [0.2, 0.25) is 0 Å². The SMILES string of the molecule is COC(=O)c1ccc(CN2C(=O)NC(=Cc3ccc(OC(C)=O)cc3)C2=O)o1. The van der Waals surface area contributed by atoms with Crippen molar-refractivity contribution in [2.75, 3.05) is 7.11 Å². The van der Waals surface area contributed by atoms with Crippen LogP contribution in [0.3, 0.4) is 0 Å². The molecule has 2 heterocycles. The van der Waals surface area contributed by atoms with E-state index in [4.69, 9.17) is 9.15 Å². The molecule has 28 heavy (non-hydrogen) atoms. The number of rotatable bonds is 5. The fraction of sp³-hybridized carbons (Fsp3) is 0.158. The lowest BCUT2D eigenvalue weighted by atomic mass is 10.2. The summed E-state index contributed by atoms with van der Waals surface area (Å²) >= 11 is 0. The molecule has 9 nitrogen and oxygen atoms in total. The van der Waals surface area contributed by atoms with Gasteiger partial charge in [0.2, 0.25) is 5.76 Å². The van der Waals surface area contributed by atoms with Crippen LogP contribution >= 0.6 is 0 Å². The molecule has 0 spiro atoms. The molecule has 0 saturated carbocycles. The number of amides is 3. The second-order valence-electron chi connectivity index (χ2n) is 5.80. The van der Waals surface area contributed by atoms with Crippen LogP contribution in [-0.4, -0.2) is 35.9 Å². The summed E-state index contributed by atoms with van der Waals surface area (Å²) in [6.07, 6.45) is 1.50. The molecule has 3 amide bonds. The summed E-state index contributed by atoms with van der Waals surface area (Å²) in [6.45, 7) is 1.16. The Morgan fingerprint density at radius 3 is 2.50 bits per heavy atom. The van der Waals surface area contributed by atoms with Gasteiger partial charge in [0.1, 0.15) is 17.2 Å². The summed E-state index contributed by atoms with van der Waals surface area (Å²) in [6, 6.07) is 8.71. The summed E-state index contributed by atoms with van der Waals surface area (Å²) in [5.41, 5.74) is 0.720. The molecule has 0 unspecified atom stereocenters. The maximum atomic E-state index is 12.5. The quantitative estimate of drug-likeness (QED) is 0.363. The van der Waals surface area contributed by atoms with E-state index in [9.17, 15) is 19.2 Å². The molecule has 0 aliphatic carbocycles. The zero-order chi connectivity index (χ0) is 20.3. The average molecular weight is 384 g/mol. The van der Waals surface area contributed by atoms with Crippen LogP contribution < -0.4 is 10.1 Å². The van der Waals surface area contributed by atoms with Gasteiger partial charge in [-0.25, -0.2) is 9.59 Å². The van der Waals surface area contributed by atoms with Gasteiger partial charge in [0, 0.05) is 6.92 Å². The van der Waals surface area contributed by atoms with E-state index in [1.807, 2.05) is 0 Å². The molecule has 0 bridgehead atoms. The Morgan fingerprint density at radius 2 is 1.86 bits per heavy atom. The number of imide groups is 1. The van der Waals surface area contributed by atoms with E-state index in [0.29, 0.717) is 11.3 Å². The highest BCUT2D eigenvalue weighted by Crippen LogP contribution is 2.20. The van der Waals surface area contributed by atoms with E-state index in [-0.39, 0.29) is 23.8 Å². The van der Waals surface area contributed by atoms with E-state index in [1.54, 1.807) is 24.3 Å². The van der Waals surface area contributed by atoms with Crippen LogP contribution in [0.1, 0.15) is 28.8 Å². The molecular weight excluding hydrogens is 368 g/mol. The summed E-state index contributed by atoms with van der Waals surface area (Å²) in [4.78, 5) is 47.9. The first-order chi connectivity index (χ1) is 13.4. The first-order valence-electron chi connectivity index (χ1n) is 8.17. The molecule has 1 aromatic carbocycles. The molecule has 1 aliphatic rings. The zero-order valence-corrected chi connectivity index (χ0v) is 15.1. The second-order valence-corrected chi connectivity index (χ2v) is 5.80. The smallest absolute Gasteiger partial charge is 0.373 e. The van der Waals surface area contributed by atoms with Crippen molar-refractivity contribution >= 4 is 30.0 Å². The average Bonchev–Trinajstić information content (AvgIpc) is 3.23. The van der Waals surface area contributed by atoms with Crippen LogP contribution in [0.5, 0.6) is 5.75 Å². The fourth-order valence-electron chi connectivity index (χ4n) is 2.51. The Kier molecular flexibility index (Phi) is 5.25. The molecule has 0 atom stereocenters. The maximum absolute atomic E-state index is 12.5. The molecule has 1 aliphatic heterocycles. The molecule has 9 heteroatoms. The largest absolute Gasteiger partial charge is 0.463 e. The number of methoxy groups -OCH3 is 1. The van der Waals surface area contributed by atoms with Gasteiger partial charge in [0.15, 0.2) is 0 Å². The summed E-state index contributed by atoms with van der Waals surface area (Å²) < 4.78 is 14.8. The Labute approximate surface area is 159 Å². The Bertz CT molecular complexity index is 972. The van der Waals surface area contributed by atoms with Crippen molar-refractivity contribution in [3.63, 3.8) is 0 Å². The number of urea groups is 1. The van der Waals surface area contributed by atoms with Crippen molar-refractivity contribution in [2.24, 2.45) is 0 Å². The van der Waals surface area contributed by atoms with E-state index < -0.39 is 23.9 Å². The number of carbonyl (C=O) groups excluding carboxylic acids is 4. The molecule has 1 saturated heterocycles. The predicted molar refractivity (Wildman–Crippen MR) is 94.9 cm³/mol. The maximum Gasteiger partial charge on any atom is 0.373 e. The number of nitrogens with one attached hydrogen (secondary N) is 1. The summed E-state index contributed by atoms with van der Waals surface area (Å²) in [5, 5.41) is 2.49. The van der Waals surface area contributed by atoms with Crippen LogP contribution in [0, 0.1) is 0 Å².